The van der Waals surface area contributed by atoms with E-state index in [4.69, 9.17) is 0 Å². The average molecular weight is 681 g/mol. The predicted octanol–water partition coefficient (Wildman–Crippen LogP) is 6.34. The minimum atomic E-state index is -4.24. The Balaban J connectivity index is 1.78. The first-order valence-corrected chi connectivity index (χ1v) is 16.6. The average Bonchev–Trinajstić information content (AvgIpc) is 3.03. The number of halogens is 2. The fourth-order valence-corrected chi connectivity index (χ4v) is 6.63. The zero-order valence-electron chi connectivity index (χ0n) is 24.4. The summed E-state index contributed by atoms with van der Waals surface area (Å²) < 4.78 is 43.5. The number of rotatable bonds is 14. The molecule has 0 saturated carbocycles. The van der Waals surface area contributed by atoms with Gasteiger partial charge in [-0.25, -0.2) is 12.8 Å². The molecular weight excluding hydrogens is 645 g/mol. The highest BCUT2D eigenvalue weighted by Gasteiger charge is 2.34. The summed E-state index contributed by atoms with van der Waals surface area (Å²) in [6, 6.07) is 28.5. The van der Waals surface area contributed by atoms with Crippen molar-refractivity contribution in [3.63, 3.8) is 0 Å². The third kappa shape index (κ3) is 8.76. The number of sulfonamides is 1. The molecule has 44 heavy (non-hydrogen) atoms. The number of hydrogen-bond acceptors (Lipinski definition) is 4. The van der Waals surface area contributed by atoms with Crippen LogP contribution in [-0.2, 0) is 32.6 Å². The largest absolute Gasteiger partial charge is 0.354 e. The van der Waals surface area contributed by atoms with Crippen LogP contribution in [0.4, 0.5) is 10.1 Å². The van der Waals surface area contributed by atoms with E-state index in [-0.39, 0.29) is 29.5 Å². The van der Waals surface area contributed by atoms with Gasteiger partial charge in [0, 0.05) is 24.0 Å². The lowest BCUT2D eigenvalue weighted by molar-refractivity contribution is -0.140. The van der Waals surface area contributed by atoms with Crippen LogP contribution < -0.4 is 9.62 Å². The van der Waals surface area contributed by atoms with Crippen LogP contribution >= 0.6 is 15.9 Å². The van der Waals surface area contributed by atoms with E-state index in [9.17, 15) is 22.4 Å². The normalized spacial score (nSPS) is 11.9. The van der Waals surface area contributed by atoms with Gasteiger partial charge in [0.05, 0.1) is 10.6 Å². The van der Waals surface area contributed by atoms with Gasteiger partial charge in [-0.1, -0.05) is 89.9 Å². The van der Waals surface area contributed by atoms with E-state index in [0.29, 0.717) is 6.54 Å². The van der Waals surface area contributed by atoms with Gasteiger partial charge >= 0.3 is 0 Å². The lowest BCUT2D eigenvalue weighted by atomic mass is 10.0. The molecule has 1 atom stereocenters. The fourth-order valence-electron chi connectivity index (χ4n) is 4.75. The second-order valence-electron chi connectivity index (χ2n) is 10.3. The van der Waals surface area contributed by atoms with Crippen molar-refractivity contribution in [1.29, 1.82) is 0 Å². The lowest BCUT2D eigenvalue weighted by Gasteiger charge is -2.34. The van der Waals surface area contributed by atoms with Crippen LogP contribution in [0.15, 0.2) is 119 Å². The molecule has 0 aromatic heterocycles. The van der Waals surface area contributed by atoms with Crippen LogP contribution in [0.3, 0.4) is 0 Å². The van der Waals surface area contributed by atoms with Crippen LogP contribution in [0.5, 0.6) is 0 Å². The zero-order chi connectivity index (χ0) is 31.5. The highest BCUT2D eigenvalue weighted by molar-refractivity contribution is 9.10. The molecule has 0 saturated heterocycles. The number of nitrogens with one attached hydrogen (secondary N) is 1. The summed E-state index contributed by atoms with van der Waals surface area (Å²) in [5, 5.41) is 2.97. The maximum absolute atomic E-state index is 14.4. The Morgan fingerprint density at radius 1 is 0.864 bits per heavy atom. The second-order valence-corrected chi connectivity index (χ2v) is 13.1. The third-order valence-electron chi connectivity index (χ3n) is 7.07. The van der Waals surface area contributed by atoms with E-state index in [0.717, 1.165) is 44.9 Å². The molecule has 0 fully saturated rings. The maximum Gasteiger partial charge on any atom is 0.264 e. The molecule has 4 aromatic carbocycles. The van der Waals surface area contributed by atoms with Gasteiger partial charge in [-0.3, -0.25) is 13.9 Å². The molecule has 0 aliphatic rings. The number of nitrogens with zero attached hydrogens (tertiary/aromatic N) is 2. The topological polar surface area (TPSA) is 86.8 Å². The van der Waals surface area contributed by atoms with Crippen LogP contribution in [0.2, 0.25) is 0 Å². The standard InChI is InChI=1S/C34H35BrFN3O4S/c1-2-3-21-37-34(41)32(23-26-11-6-4-7-12-26)38(24-27-13-10-14-28(35)22-27)33(40)25-39(30-19-17-29(36)18-20-30)44(42,43)31-15-8-5-9-16-31/h4-20,22,32H,2-3,21,23-25H2,1H3,(H,37,41)/t32-/m1/s1. The first kappa shape index (κ1) is 32.9. The van der Waals surface area contributed by atoms with E-state index >= 15 is 0 Å². The van der Waals surface area contributed by atoms with E-state index < -0.39 is 34.3 Å². The summed E-state index contributed by atoms with van der Waals surface area (Å²) in [5.74, 6) is -1.45. The molecule has 2 amide bonds. The van der Waals surface area contributed by atoms with Crippen molar-refractivity contribution in [1.82, 2.24) is 10.2 Å². The molecule has 1 N–H and O–H groups in total. The predicted molar refractivity (Wildman–Crippen MR) is 174 cm³/mol. The van der Waals surface area contributed by atoms with E-state index in [1.807, 2.05) is 61.5 Å². The van der Waals surface area contributed by atoms with Crippen molar-refractivity contribution in [3.8, 4) is 0 Å². The maximum atomic E-state index is 14.4. The van der Waals surface area contributed by atoms with Gasteiger partial charge in [0.1, 0.15) is 18.4 Å². The van der Waals surface area contributed by atoms with Crippen LogP contribution in [0, 0.1) is 5.82 Å². The van der Waals surface area contributed by atoms with Gasteiger partial charge in [0.15, 0.2) is 0 Å². The highest BCUT2D eigenvalue weighted by Crippen LogP contribution is 2.25. The highest BCUT2D eigenvalue weighted by atomic mass is 79.9. The monoisotopic (exact) mass is 679 g/mol. The molecule has 7 nitrogen and oxygen atoms in total. The molecule has 10 heteroatoms. The summed E-state index contributed by atoms with van der Waals surface area (Å²) in [6.45, 7) is 1.92. The molecule has 230 valence electrons. The van der Waals surface area contributed by atoms with Crippen LogP contribution in [-0.4, -0.2) is 44.3 Å². The molecular formula is C34H35BrFN3O4S. The lowest BCUT2D eigenvalue weighted by Crippen LogP contribution is -2.53. The zero-order valence-corrected chi connectivity index (χ0v) is 26.8. The number of unbranched alkanes of at least 4 members (excludes halogenated alkanes) is 1. The molecule has 4 aromatic rings. The van der Waals surface area contributed by atoms with E-state index in [2.05, 4.69) is 21.2 Å². The molecule has 0 aliphatic heterocycles. The number of benzene rings is 4. The number of amides is 2. The minimum Gasteiger partial charge on any atom is -0.354 e. The molecule has 4 rings (SSSR count). The van der Waals surface area contributed by atoms with Gasteiger partial charge in [0.25, 0.3) is 10.0 Å². The van der Waals surface area contributed by atoms with Gasteiger partial charge < -0.3 is 10.2 Å². The molecule has 0 unspecified atom stereocenters. The van der Waals surface area contributed by atoms with Crippen molar-refractivity contribution in [2.75, 3.05) is 17.4 Å². The molecule has 0 radical (unpaired) electrons. The Labute approximate surface area is 266 Å². The van der Waals surface area contributed by atoms with E-state index in [1.54, 1.807) is 18.2 Å². The summed E-state index contributed by atoms with van der Waals surface area (Å²) in [6.07, 6.45) is 1.88. The quantitative estimate of drug-likeness (QED) is 0.158. The number of carbonyl (C=O) groups excluding carboxylic acids is 2. The molecule has 0 spiro atoms. The van der Waals surface area contributed by atoms with Gasteiger partial charge in [-0.15, -0.1) is 0 Å². The SMILES string of the molecule is CCCCNC(=O)[C@@H](Cc1ccccc1)N(Cc1cccc(Br)c1)C(=O)CN(c1ccc(F)cc1)S(=O)(=O)c1ccccc1. The summed E-state index contributed by atoms with van der Waals surface area (Å²) in [4.78, 5) is 29.5. The van der Waals surface area contributed by atoms with Crippen molar-refractivity contribution in [2.24, 2.45) is 0 Å². The van der Waals surface area contributed by atoms with Gasteiger partial charge in [-0.05, 0) is 66.1 Å². The van der Waals surface area contributed by atoms with Crippen molar-refractivity contribution in [2.45, 2.75) is 43.7 Å². The first-order chi connectivity index (χ1) is 21.2. The van der Waals surface area contributed by atoms with Crippen molar-refractivity contribution < 1.29 is 22.4 Å². The minimum absolute atomic E-state index is 0.0196. The Bertz CT molecular complexity index is 1640. The fraction of sp³-hybridized carbons (Fsp3) is 0.235. The summed E-state index contributed by atoms with van der Waals surface area (Å²) in [5.41, 5.74) is 1.73. The Morgan fingerprint density at radius 3 is 2.14 bits per heavy atom. The van der Waals surface area contributed by atoms with Crippen molar-refractivity contribution in [3.05, 3.63) is 131 Å². The number of anilines is 1. The van der Waals surface area contributed by atoms with Crippen molar-refractivity contribution >= 4 is 43.5 Å². The third-order valence-corrected chi connectivity index (χ3v) is 9.35. The Hall–Kier alpha value is -4.02. The summed E-state index contributed by atoms with van der Waals surface area (Å²) >= 11 is 3.48. The number of hydrogen-bond donors (Lipinski definition) is 1. The van der Waals surface area contributed by atoms with E-state index in [1.165, 1.54) is 29.2 Å². The van der Waals surface area contributed by atoms with Gasteiger partial charge in [0.2, 0.25) is 11.8 Å². The van der Waals surface area contributed by atoms with Crippen LogP contribution in [0.1, 0.15) is 30.9 Å². The smallest absolute Gasteiger partial charge is 0.264 e. The molecule has 0 bridgehead atoms. The molecule has 0 aliphatic carbocycles. The summed E-state index contributed by atoms with van der Waals surface area (Å²) in [7, 11) is -4.24. The number of carbonyl (C=O) groups is 2. The second kappa shape index (κ2) is 15.6. The van der Waals surface area contributed by atoms with Gasteiger partial charge in [-0.2, -0.15) is 0 Å². The first-order valence-electron chi connectivity index (χ1n) is 14.4. The van der Waals surface area contributed by atoms with Crippen LogP contribution in [0.25, 0.3) is 0 Å². The Morgan fingerprint density at radius 2 is 1.50 bits per heavy atom. The Kier molecular flexibility index (Phi) is 11.7. The molecule has 0 heterocycles.